The molecule has 0 heteroatoms. The van der Waals surface area contributed by atoms with E-state index in [0.29, 0.717) is 5.92 Å². The van der Waals surface area contributed by atoms with Gasteiger partial charge in [0, 0.05) is 5.92 Å². The summed E-state index contributed by atoms with van der Waals surface area (Å²) in [6.45, 7) is 4.68. The first kappa shape index (κ1) is 17.7. The van der Waals surface area contributed by atoms with E-state index in [9.17, 15) is 0 Å². The van der Waals surface area contributed by atoms with Crippen LogP contribution < -0.4 is 0 Å². The number of hydrogen-bond acceptors (Lipinski definition) is 0. The number of allylic oxidation sites excluding steroid dienone is 2. The largest absolute Gasteiger partial charge is 0.0951 e. The molecule has 0 aromatic heterocycles. The maximum absolute atomic E-state index is 3.49. The molecule has 0 N–H and O–H groups in total. The van der Waals surface area contributed by atoms with Crippen molar-refractivity contribution in [2.45, 2.75) is 90.9 Å². The molecule has 0 aromatic carbocycles. The van der Waals surface area contributed by atoms with Crippen LogP contribution in [0.4, 0.5) is 0 Å². The van der Waals surface area contributed by atoms with Crippen molar-refractivity contribution >= 4 is 0 Å². The lowest BCUT2D eigenvalue weighted by Gasteiger charge is -2.26. The van der Waals surface area contributed by atoms with Crippen LogP contribution in [0.5, 0.6) is 0 Å². The second kappa shape index (κ2) is 10.1. The zero-order chi connectivity index (χ0) is 15.6. The van der Waals surface area contributed by atoms with Gasteiger partial charge in [-0.05, 0) is 75.2 Å². The molecular weight excluding hydrogens is 264 g/mol. The quantitative estimate of drug-likeness (QED) is 0.388. The van der Waals surface area contributed by atoms with E-state index in [1.807, 2.05) is 0 Å². The Balaban J connectivity index is 1.61. The Kier molecular flexibility index (Phi) is 8.14. The topological polar surface area (TPSA) is 0 Å². The molecule has 2 aliphatic rings. The summed E-state index contributed by atoms with van der Waals surface area (Å²) in [5.41, 5.74) is 0. The van der Waals surface area contributed by atoms with E-state index in [4.69, 9.17) is 0 Å². The highest BCUT2D eigenvalue weighted by Gasteiger charge is 2.19. The third-order valence-corrected chi connectivity index (χ3v) is 5.86. The predicted octanol–water partition coefficient (Wildman–Crippen LogP) is 6.76. The minimum Gasteiger partial charge on any atom is -0.0951 e. The van der Waals surface area contributed by atoms with E-state index in [2.05, 4.69) is 37.8 Å². The summed E-state index contributed by atoms with van der Waals surface area (Å²) in [6.07, 6.45) is 21.4. The lowest BCUT2D eigenvalue weighted by Crippen LogP contribution is -2.13. The molecule has 0 aliphatic heterocycles. The summed E-state index contributed by atoms with van der Waals surface area (Å²) in [4.78, 5) is 0. The Morgan fingerprint density at radius 2 is 1.64 bits per heavy atom. The van der Waals surface area contributed by atoms with E-state index in [1.165, 1.54) is 77.0 Å². The minimum atomic E-state index is 0.676. The lowest BCUT2D eigenvalue weighted by molar-refractivity contribution is 0.289. The van der Waals surface area contributed by atoms with Crippen LogP contribution in [0.25, 0.3) is 0 Å². The third-order valence-electron chi connectivity index (χ3n) is 5.86. The number of hydrogen-bond donors (Lipinski definition) is 0. The monoisotopic (exact) mass is 300 g/mol. The van der Waals surface area contributed by atoms with E-state index < -0.39 is 0 Å². The van der Waals surface area contributed by atoms with Crippen molar-refractivity contribution in [2.24, 2.45) is 23.7 Å². The summed E-state index contributed by atoms with van der Waals surface area (Å²) in [6, 6.07) is 0. The van der Waals surface area contributed by atoms with Gasteiger partial charge in [0.1, 0.15) is 0 Å². The van der Waals surface area contributed by atoms with Gasteiger partial charge in [-0.2, -0.15) is 0 Å². The number of rotatable bonds is 5. The average Bonchev–Trinajstić information content (AvgIpc) is 2.55. The smallest absolute Gasteiger partial charge is 0.0206 e. The predicted molar refractivity (Wildman–Crippen MR) is 97.6 cm³/mol. The fraction of sp³-hybridized carbons (Fsp3) is 0.818. The van der Waals surface area contributed by atoms with Gasteiger partial charge in [0.15, 0.2) is 0 Å². The molecule has 0 radical (unpaired) electrons. The van der Waals surface area contributed by atoms with Crippen LogP contribution in [0.1, 0.15) is 90.9 Å². The first-order valence-electron chi connectivity index (χ1n) is 9.95. The van der Waals surface area contributed by atoms with Crippen LogP contribution in [-0.2, 0) is 0 Å². The van der Waals surface area contributed by atoms with Gasteiger partial charge < -0.3 is 0 Å². The lowest BCUT2D eigenvalue weighted by atomic mass is 9.79. The first-order valence-corrected chi connectivity index (χ1v) is 9.95. The molecule has 0 aromatic rings. The standard InChI is InChI=1S/C22H36/c1-3-4-5-8-21-15-17-22(18-16-21)10-7-6-9-20-13-11-19(2)12-14-20/h7,10,19-22H,3-5,8,11-18H2,1-2H3/b10-7+/t19-,20-,21-,22-. The Morgan fingerprint density at radius 3 is 2.32 bits per heavy atom. The summed E-state index contributed by atoms with van der Waals surface area (Å²) in [5.74, 6) is 10.3. The molecule has 0 nitrogen and oxygen atoms in total. The fourth-order valence-electron chi connectivity index (χ4n) is 4.11. The maximum atomic E-state index is 3.49. The summed E-state index contributed by atoms with van der Waals surface area (Å²) < 4.78 is 0. The molecule has 0 spiro atoms. The highest BCUT2D eigenvalue weighted by molar-refractivity contribution is 5.18. The van der Waals surface area contributed by atoms with Gasteiger partial charge in [0.25, 0.3) is 0 Å². The molecule has 0 saturated heterocycles. The van der Waals surface area contributed by atoms with Crippen LogP contribution in [0.3, 0.4) is 0 Å². The van der Waals surface area contributed by atoms with Crippen molar-refractivity contribution in [3.63, 3.8) is 0 Å². The molecule has 2 saturated carbocycles. The molecule has 2 rings (SSSR count). The molecule has 0 heterocycles. The van der Waals surface area contributed by atoms with Crippen LogP contribution in [-0.4, -0.2) is 0 Å². The number of unbranched alkanes of at least 4 members (excludes halogenated alkanes) is 2. The highest BCUT2D eigenvalue weighted by Crippen LogP contribution is 2.32. The van der Waals surface area contributed by atoms with Crippen molar-refractivity contribution in [3.8, 4) is 11.8 Å². The fourth-order valence-corrected chi connectivity index (χ4v) is 4.11. The molecule has 2 aliphatic carbocycles. The van der Waals surface area contributed by atoms with Gasteiger partial charge in [-0.3, -0.25) is 0 Å². The molecular formula is C22H36. The van der Waals surface area contributed by atoms with Crippen molar-refractivity contribution in [1.82, 2.24) is 0 Å². The Morgan fingerprint density at radius 1 is 0.909 bits per heavy atom. The van der Waals surface area contributed by atoms with Gasteiger partial charge in [-0.1, -0.05) is 57.4 Å². The normalized spacial score (nSPS) is 32.6. The third kappa shape index (κ3) is 6.60. The van der Waals surface area contributed by atoms with Crippen LogP contribution >= 0.6 is 0 Å². The zero-order valence-electron chi connectivity index (χ0n) is 14.9. The van der Waals surface area contributed by atoms with E-state index >= 15 is 0 Å². The van der Waals surface area contributed by atoms with E-state index in [0.717, 1.165) is 17.8 Å². The van der Waals surface area contributed by atoms with E-state index in [1.54, 1.807) is 0 Å². The van der Waals surface area contributed by atoms with Crippen LogP contribution in [0.2, 0.25) is 0 Å². The van der Waals surface area contributed by atoms with Gasteiger partial charge >= 0.3 is 0 Å². The molecule has 2 fully saturated rings. The van der Waals surface area contributed by atoms with Gasteiger partial charge in [0.05, 0.1) is 0 Å². The molecule has 0 unspecified atom stereocenters. The van der Waals surface area contributed by atoms with E-state index in [-0.39, 0.29) is 0 Å². The summed E-state index contributed by atoms with van der Waals surface area (Å²) in [7, 11) is 0. The second-order valence-corrected chi connectivity index (χ2v) is 7.88. The Hall–Kier alpha value is -0.700. The van der Waals surface area contributed by atoms with Gasteiger partial charge in [0.2, 0.25) is 0 Å². The van der Waals surface area contributed by atoms with Gasteiger partial charge in [-0.25, -0.2) is 0 Å². The summed E-state index contributed by atoms with van der Waals surface area (Å²) >= 11 is 0. The van der Waals surface area contributed by atoms with Crippen LogP contribution in [0.15, 0.2) is 12.2 Å². The molecule has 124 valence electrons. The molecule has 0 atom stereocenters. The maximum Gasteiger partial charge on any atom is 0.0206 e. The molecule has 0 amide bonds. The highest BCUT2D eigenvalue weighted by atomic mass is 14.2. The van der Waals surface area contributed by atoms with Gasteiger partial charge in [-0.15, -0.1) is 0 Å². The average molecular weight is 301 g/mol. The molecule has 0 bridgehead atoms. The minimum absolute atomic E-state index is 0.676. The Labute approximate surface area is 139 Å². The zero-order valence-corrected chi connectivity index (χ0v) is 14.9. The summed E-state index contributed by atoms with van der Waals surface area (Å²) in [5, 5.41) is 0. The van der Waals surface area contributed by atoms with Crippen LogP contribution in [0, 0.1) is 35.5 Å². The SMILES string of the molecule is CCCCC[C@H]1CC[C@H](/C=C/C#C[C@H]2CC[C@H](C)CC2)CC1. The van der Waals surface area contributed by atoms with Crippen molar-refractivity contribution in [2.75, 3.05) is 0 Å². The van der Waals surface area contributed by atoms with Crippen molar-refractivity contribution in [3.05, 3.63) is 12.2 Å². The Bertz CT molecular complexity index is 365. The van der Waals surface area contributed by atoms with Crippen molar-refractivity contribution < 1.29 is 0 Å². The first-order chi connectivity index (χ1) is 10.8. The van der Waals surface area contributed by atoms with Crippen molar-refractivity contribution in [1.29, 1.82) is 0 Å². The molecule has 22 heavy (non-hydrogen) atoms. The second-order valence-electron chi connectivity index (χ2n) is 7.88.